The van der Waals surface area contributed by atoms with E-state index in [2.05, 4.69) is 43.2 Å². The van der Waals surface area contributed by atoms with Crippen molar-refractivity contribution in [2.45, 2.75) is 13.8 Å². The van der Waals surface area contributed by atoms with Gasteiger partial charge in [-0.15, -0.1) is 0 Å². The second-order valence-electron chi connectivity index (χ2n) is 4.42. The molecule has 0 N–H and O–H groups in total. The fourth-order valence-electron chi connectivity index (χ4n) is 2.59. The van der Waals surface area contributed by atoms with Gasteiger partial charge in [-0.3, -0.25) is 5.01 Å². The highest BCUT2D eigenvalue weighted by molar-refractivity contribution is 6.17. The quantitative estimate of drug-likeness (QED) is 0.803. The van der Waals surface area contributed by atoms with E-state index in [1.807, 2.05) is 11.1 Å². The van der Waals surface area contributed by atoms with E-state index in [0.717, 1.165) is 29.1 Å². The van der Waals surface area contributed by atoms with Gasteiger partial charge < -0.3 is 4.74 Å². The van der Waals surface area contributed by atoms with Crippen LogP contribution in [0.15, 0.2) is 35.4 Å². The molecular weight excluding hydrogens is 224 g/mol. The largest absolute Gasteiger partial charge is 0.496 e. The molecule has 0 spiro atoms. The van der Waals surface area contributed by atoms with Crippen molar-refractivity contribution in [2.24, 2.45) is 5.10 Å². The van der Waals surface area contributed by atoms with Gasteiger partial charge in [0, 0.05) is 22.9 Å². The van der Waals surface area contributed by atoms with Gasteiger partial charge >= 0.3 is 0 Å². The third kappa shape index (κ3) is 1.40. The molecule has 0 amide bonds. The van der Waals surface area contributed by atoms with Gasteiger partial charge in [0.15, 0.2) is 0 Å². The Morgan fingerprint density at radius 3 is 2.78 bits per heavy atom. The van der Waals surface area contributed by atoms with Gasteiger partial charge in [-0.1, -0.05) is 12.1 Å². The molecule has 0 atom stereocenters. The summed E-state index contributed by atoms with van der Waals surface area (Å²) in [4.78, 5) is 0. The Kier molecular flexibility index (Phi) is 2.47. The van der Waals surface area contributed by atoms with E-state index in [0.29, 0.717) is 0 Å². The van der Waals surface area contributed by atoms with Crippen LogP contribution in [0.2, 0.25) is 0 Å². The molecule has 1 aliphatic rings. The lowest BCUT2D eigenvalue weighted by Gasteiger charge is -2.26. The summed E-state index contributed by atoms with van der Waals surface area (Å²) in [5, 5.41) is 9.07. The van der Waals surface area contributed by atoms with Crippen LogP contribution in [0.1, 0.15) is 19.4 Å². The first-order chi connectivity index (χ1) is 8.76. The summed E-state index contributed by atoms with van der Waals surface area (Å²) in [6.07, 6.45) is 0. The van der Waals surface area contributed by atoms with E-state index in [9.17, 15) is 0 Å². The molecule has 0 aromatic heterocycles. The number of rotatable bonds is 2. The topological polar surface area (TPSA) is 24.8 Å². The van der Waals surface area contributed by atoms with Crippen LogP contribution in [0, 0.1) is 0 Å². The monoisotopic (exact) mass is 240 g/mol. The van der Waals surface area contributed by atoms with Gasteiger partial charge in [0.25, 0.3) is 0 Å². The zero-order valence-corrected chi connectivity index (χ0v) is 10.9. The van der Waals surface area contributed by atoms with E-state index in [4.69, 9.17) is 4.74 Å². The maximum absolute atomic E-state index is 5.45. The highest BCUT2D eigenvalue weighted by atomic mass is 16.5. The van der Waals surface area contributed by atoms with Crippen molar-refractivity contribution in [3.05, 3.63) is 35.9 Å². The van der Waals surface area contributed by atoms with Crippen molar-refractivity contribution in [3.8, 4) is 5.75 Å². The summed E-state index contributed by atoms with van der Waals surface area (Å²) in [6, 6.07) is 10.4. The molecular formula is C15H16N2O. The van der Waals surface area contributed by atoms with Gasteiger partial charge in [0.05, 0.1) is 18.5 Å². The van der Waals surface area contributed by atoms with Crippen LogP contribution in [0.25, 0.3) is 10.8 Å². The molecule has 18 heavy (non-hydrogen) atoms. The highest BCUT2D eigenvalue weighted by Gasteiger charge is 2.19. The Balaban J connectivity index is 2.42. The Morgan fingerprint density at radius 2 is 2.06 bits per heavy atom. The molecule has 1 heterocycles. The van der Waals surface area contributed by atoms with Crippen LogP contribution in [-0.2, 0) is 0 Å². The van der Waals surface area contributed by atoms with E-state index in [1.165, 1.54) is 10.9 Å². The van der Waals surface area contributed by atoms with Gasteiger partial charge in [-0.25, -0.2) is 0 Å². The van der Waals surface area contributed by atoms with Crippen LogP contribution in [-0.4, -0.2) is 19.4 Å². The fourth-order valence-corrected chi connectivity index (χ4v) is 2.59. The second kappa shape index (κ2) is 4.02. The van der Waals surface area contributed by atoms with Gasteiger partial charge in [0.2, 0.25) is 0 Å². The summed E-state index contributed by atoms with van der Waals surface area (Å²) in [7, 11) is 1.71. The smallest absolute Gasteiger partial charge is 0.126 e. The molecule has 0 aliphatic carbocycles. The fraction of sp³-hybridized carbons (Fsp3) is 0.267. The SMILES string of the molecule is CCN1N=C(C)c2ccc(OC)c3cccc1c23. The molecule has 2 aromatic carbocycles. The molecule has 3 nitrogen and oxygen atoms in total. The highest BCUT2D eigenvalue weighted by Crippen LogP contribution is 2.38. The minimum absolute atomic E-state index is 0.868. The summed E-state index contributed by atoms with van der Waals surface area (Å²) < 4.78 is 5.45. The first kappa shape index (κ1) is 11.1. The predicted molar refractivity (Wildman–Crippen MR) is 75.7 cm³/mol. The summed E-state index contributed by atoms with van der Waals surface area (Å²) in [6.45, 7) is 5.04. The average Bonchev–Trinajstić information content (AvgIpc) is 2.42. The van der Waals surface area contributed by atoms with Crippen molar-refractivity contribution >= 4 is 22.2 Å². The van der Waals surface area contributed by atoms with E-state index in [-0.39, 0.29) is 0 Å². The first-order valence-corrected chi connectivity index (χ1v) is 6.19. The van der Waals surface area contributed by atoms with Gasteiger partial charge in [0.1, 0.15) is 5.75 Å². The molecule has 2 aromatic rings. The van der Waals surface area contributed by atoms with Crippen molar-refractivity contribution in [3.63, 3.8) is 0 Å². The molecule has 0 bridgehead atoms. The minimum atomic E-state index is 0.868. The van der Waals surface area contributed by atoms with E-state index < -0.39 is 0 Å². The number of benzene rings is 2. The standard InChI is InChI=1S/C15H16N2O/c1-4-17-13-7-5-6-12-14(18-3)9-8-11(15(12)13)10(2)16-17/h5-9H,4H2,1-3H3. The molecule has 1 aliphatic heterocycles. The number of methoxy groups -OCH3 is 1. The average molecular weight is 240 g/mol. The molecule has 0 saturated heterocycles. The van der Waals surface area contributed by atoms with Crippen molar-refractivity contribution in [1.82, 2.24) is 0 Å². The van der Waals surface area contributed by atoms with Crippen LogP contribution in [0.5, 0.6) is 5.75 Å². The number of hydrogen-bond donors (Lipinski definition) is 0. The normalized spacial score (nSPS) is 13.7. The minimum Gasteiger partial charge on any atom is -0.496 e. The molecule has 0 unspecified atom stereocenters. The molecule has 3 rings (SSSR count). The van der Waals surface area contributed by atoms with Crippen LogP contribution in [0.3, 0.4) is 0 Å². The number of anilines is 1. The first-order valence-electron chi connectivity index (χ1n) is 6.19. The molecule has 0 fully saturated rings. The Bertz CT molecular complexity index is 646. The van der Waals surface area contributed by atoms with Crippen LogP contribution in [0.4, 0.5) is 5.69 Å². The zero-order valence-electron chi connectivity index (χ0n) is 10.9. The van der Waals surface area contributed by atoms with Gasteiger partial charge in [-0.05, 0) is 32.0 Å². The van der Waals surface area contributed by atoms with Crippen molar-refractivity contribution in [1.29, 1.82) is 0 Å². The van der Waals surface area contributed by atoms with E-state index >= 15 is 0 Å². The lowest BCUT2D eigenvalue weighted by atomic mass is 9.97. The second-order valence-corrected chi connectivity index (χ2v) is 4.42. The maximum Gasteiger partial charge on any atom is 0.126 e. The Morgan fingerprint density at radius 1 is 1.22 bits per heavy atom. The Hall–Kier alpha value is -2.03. The third-order valence-electron chi connectivity index (χ3n) is 3.44. The van der Waals surface area contributed by atoms with E-state index in [1.54, 1.807) is 7.11 Å². The lowest BCUT2D eigenvalue weighted by Crippen LogP contribution is -2.22. The zero-order chi connectivity index (χ0) is 12.7. The molecule has 0 radical (unpaired) electrons. The lowest BCUT2D eigenvalue weighted by molar-refractivity contribution is 0.420. The summed E-state index contributed by atoms with van der Waals surface area (Å²) in [5.74, 6) is 0.918. The number of ether oxygens (including phenoxy) is 1. The number of nitrogens with zero attached hydrogens (tertiary/aromatic N) is 2. The summed E-state index contributed by atoms with van der Waals surface area (Å²) in [5.41, 5.74) is 3.42. The van der Waals surface area contributed by atoms with Crippen LogP contribution < -0.4 is 9.75 Å². The molecule has 0 saturated carbocycles. The Labute approximate surface area is 107 Å². The third-order valence-corrected chi connectivity index (χ3v) is 3.44. The van der Waals surface area contributed by atoms with Crippen molar-refractivity contribution < 1.29 is 4.74 Å². The number of hydrogen-bond acceptors (Lipinski definition) is 3. The summed E-state index contributed by atoms with van der Waals surface area (Å²) >= 11 is 0. The van der Waals surface area contributed by atoms with Crippen LogP contribution >= 0.6 is 0 Å². The number of hydrazone groups is 1. The predicted octanol–water partition coefficient (Wildman–Crippen LogP) is 3.41. The molecule has 92 valence electrons. The van der Waals surface area contributed by atoms with Crippen molar-refractivity contribution in [2.75, 3.05) is 18.7 Å². The molecule has 3 heteroatoms. The van der Waals surface area contributed by atoms with Gasteiger partial charge in [-0.2, -0.15) is 5.10 Å². The maximum atomic E-state index is 5.45.